The minimum absolute atomic E-state index is 0. The van der Waals surface area contributed by atoms with E-state index in [0.717, 1.165) is 11.8 Å². The van der Waals surface area contributed by atoms with Crippen molar-refractivity contribution in [3.63, 3.8) is 0 Å². The van der Waals surface area contributed by atoms with E-state index >= 15 is 0 Å². The van der Waals surface area contributed by atoms with Gasteiger partial charge in [-0.3, -0.25) is 0 Å². The van der Waals surface area contributed by atoms with Crippen molar-refractivity contribution in [3.05, 3.63) is 0 Å². The molecule has 2 aliphatic heterocycles. The first-order valence-corrected chi connectivity index (χ1v) is 7.27. The predicted octanol–water partition coefficient (Wildman–Crippen LogP) is 2.92. The zero-order chi connectivity index (χ0) is 11.2. The van der Waals surface area contributed by atoms with E-state index in [-0.39, 0.29) is 12.4 Å². The monoisotopic (exact) mass is 260 g/mol. The van der Waals surface area contributed by atoms with Crippen molar-refractivity contribution in [2.45, 2.75) is 45.4 Å². The van der Waals surface area contributed by atoms with Crippen molar-refractivity contribution in [1.29, 1.82) is 0 Å². The molecule has 0 aromatic rings. The minimum atomic E-state index is 0. The van der Waals surface area contributed by atoms with Gasteiger partial charge in [0.2, 0.25) is 0 Å². The Morgan fingerprint density at radius 2 is 1.82 bits per heavy atom. The number of rotatable bonds is 3. The quantitative estimate of drug-likeness (QED) is 0.840. The summed E-state index contributed by atoms with van der Waals surface area (Å²) >= 11 is 0. The zero-order valence-corrected chi connectivity index (χ0v) is 12.1. The smallest absolute Gasteiger partial charge is 0.00161 e. The lowest BCUT2D eigenvalue weighted by atomic mass is 9.94. The number of hydrogen-bond acceptors (Lipinski definition) is 2. The number of halogens is 1. The van der Waals surface area contributed by atoms with Gasteiger partial charge in [0.25, 0.3) is 0 Å². The maximum absolute atomic E-state index is 3.45. The lowest BCUT2D eigenvalue weighted by Crippen LogP contribution is -2.32. The van der Waals surface area contributed by atoms with Crippen molar-refractivity contribution in [3.8, 4) is 0 Å². The van der Waals surface area contributed by atoms with Crippen molar-refractivity contribution in [1.82, 2.24) is 10.2 Å². The van der Waals surface area contributed by atoms with Crippen LogP contribution < -0.4 is 5.32 Å². The van der Waals surface area contributed by atoms with E-state index in [2.05, 4.69) is 17.1 Å². The first-order valence-electron chi connectivity index (χ1n) is 7.27. The van der Waals surface area contributed by atoms with Crippen LogP contribution in [0.2, 0.25) is 0 Å². The van der Waals surface area contributed by atoms with Gasteiger partial charge >= 0.3 is 0 Å². The van der Waals surface area contributed by atoms with E-state index in [1.807, 2.05) is 0 Å². The molecule has 1 atom stereocenters. The lowest BCUT2D eigenvalue weighted by Gasteiger charge is -2.26. The van der Waals surface area contributed by atoms with Crippen molar-refractivity contribution < 1.29 is 0 Å². The highest BCUT2D eigenvalue weighted by atomic mass is 35.5. The van der Waals surface area contributed by atoms with E-state index in [9.17, 15) is 0 Å². The Morgan fingerprint density at radius 1 is 1.06 bits per heavy atom. The molecule has 102 valence electrons. The summed E-state index contributed by atoms with van der Waals surface area (Å²) < 4.78 is 0. The molecule has 17 heavy (non-hydrogen) atoms. The van der Waals surface area contributed by atoms with E-state index in [1.165, 1.54) is 71.2 Å². The van der Waals surface area contributed by atoms with Crippen LogP contribution in [-0.4, -0.2) is 37.6 Å². The van der Waals surface area contributed by atoms with Gasteiger partial charge < -0.3 is 10.2 Å². The normalized spacial score (nSPS) is 28.4. The number of likely N-dealkylation sites (tertiary alicyclic amines) is 1. The predicted molar refractivity (Wildman–Crippen MR) is 76.9 cm³/mol. The first-order chi connectivity index (χ1) is 7.84. The van der Waals surface area contributed by atoms with Crippen LogP contribution in [0, 0.1) is 11.8 Å². The molecular weight excluding hydrogens is 232 g/mol. The molecule has 1 unspecified atom stereocenters. The third-order valence-corrected chi connectivity index (χ3v) is 4.42. The Morgan fingerprint density at radius 3 is 2.59 bits per heavy atom. The Kier molecular flexibility index (Phi) is 7.49. The molecule has 2 aliphatic rings. The van der Waals surface area contributed by atoms with Gasteiger partial charge in [0.1, 0.15) is 0 Å². The number of hydrogen-bond donors (Lipinski definition) is 1. The van der Waals surface area contributed by atoms with E-state index < -0.39 is 0 Å². The molecule has 0 bridgehead atoms. The van der Waals surface area contributed by atoms with Crippen LogP contribution in [0.1, 0.15) is 45.4 Å². The molecule has 0 spiro atoms. The molecule has 0 saturated carbocycles. The summed E-state index contributed by atoms with van der Waals surface area (Å²) in [6, 6.07) is 0. The van der Waals surface area contributed by atoms with Gasteiger partial charge in [0.15, 0.2) is 0 Å². The Balaban J connectivity index is 0.00000144. The van der Waals surface area contributed by atoms with Crippen LogP contribution in [0.5, 0.6) is 0 Å². The third-order valence-electron chi connectivity index (χ3n) is 4.42. The van der Waals surface area contributed by atoms with Gasteiger partial charge in [-0.25, -0.2) is 0 Å². The minimum Gasteiger partial charge on any atom is -0.317 e. The van der Waals surface area contributed by atoms with Crippen LogP contribution in [-0.2, 0) is 0 Å². The molecule has 2 fully saturated rings. The molecule has 2 heterocycles. The highest BCUT2D eigenvalue weighted by Gasteiger charge is 2.17. The number of nitrogens with zero attached hydrogens (tertiary/aromatic N) is 1. The third kappa shape index (κ3) is 5.58. The molecular formula is C14H29ClN2. The highest BCUT2D eigenvalue weighted by molar-refractivity contribution is 5.85. The largest absolute Gasteiger partial charge is 0.317 e. The van der Waals surface area contributed by atoms with E-state index in [4.69, 9.17) is 0 Å². The van der Waals surface area contributed by atoms with Crippen LogP contribution >= 0.6 is 12.4 Å². The van der Waals surface area contributed by atoms with Gasteiger partial charge in [-0.1, -0.05) is 6.92 Å². The summed E-state index contributed by atoms with van der Waals surface area (Å²) in [5, 5.41) is 3.45. The molecule has 2 saturated heterocycles. The second-order valence-corrected chi connectivity index (χ2v) is 5.86. The average molecular weight is 261 g/mol. The fourth-order valence-corrected chi connectivity index (χ4v) is 3.08. The van der Waals surface area contributed by atoms with Gasteiger partial charge in [-0.15, -0.1) is 12.4 Å². The number of nitrogens with one attached hydrogen (secondary N) is 1. The Labute approximate surface area is 113 Å². The summed E-state index contributed by atoms with van der Waals surface area (Å²) in [6.45, 7) is 8.98. The van der Waals surface area contributed by atoms with Crippen molar-refractivity contribution in [2.24, 2.45) is 11.8 Å². The Hall–Kier alpha value is 0.210. The van der Waals surface area contributed by atoms with Crippen LogP contribution in [0.25, 0.3) is 0 Å². The molecule has 0 aromatic carbocycles. The maximum atomic E-state index is 3.45. The maximum Gasteiger partial charge on any atom is -0.00161 e. The molecule has 0 amide bonds. The SMILES string of the molecule is CC1CCCN(CCC2CCNCC2)CC1.Cl. The van der Waals surface area contributed by atoms with Crippen LogP contribution in [0.3, 0.4) is 0 Å². The van der Waals surface area contributed by atoms with Gasteiger partial charge in [-0.2, -0.15) is 0 Å². The topological polar surface area (TPSA) is 15.3 Å². The van der Waals surface area contributed by atoms with Gasteiger partial charge in [0.05, 0.1) is 0 Å². The summed E-state index contributed by atoms with van der Waals surface area (Å²) in [5.74, 6) is 1.96. The highest BCUT2D eigenvalue weighted by Crippen LogP contribution is 2.20. The van der Waals surface area contributed by atoms with Gasteiger partial charge in [-0.05, 0) is 83.1 Å². The van der Waals surface area contributed by atoms with Crippen LogP contribution in [0.15, 0.2) is 0 Å². The lowest BCUT2D eigenvalue weighted by molar-refractivity contribution is 0.240. The molecule has 1 N–H and O–H groups in total. The van der Waals surface area contributed by atoms with Gasteiger partial charge in [0, 0.05) is 0 Å². The van der Waals surface area contributed by atoms with E-state index in [1.54, 1.807) is 0 Å². The first kappa shape index (κ1) is 15.3. The molecule has 2 rings (SSSR count). The standard InChI is InChI=1S/C14H28N2.ClH/c1-13-3-2-10-16(11-6-13)12-7-14-4-8-15-9-5-14;/h13-15H,2-12H2,1H3;1H. The molecule has 3 heteroatoms. The molecule has 0 aliphatic carbocycles. The number of piperidine rings is 1. The fraction of sp³-hybridized carbons (Fsp3) is 1.00. The second kappa shape index (κ2) is 8.34. The van der Waals surface area contributed by atoms with Crippen molar-refractivity contribution >= 4 is 12.4 Å². The molecule has 0 radical (unpaired) electrons. The summed E-state index contributed by atoms with van der Waals surface area (Å²) in [6.07, 6.45) is 8.55. The van der Waals surface area contributed by atoms with Crippen molar-refractivity contribution in [2.75, 3.05) is 32.7 Å². The summed E-state index contributed by atoms with van der Waals surface area (Å²) in [5.41, 5.74) is 0. The molecule has 0 aromatic heterocycles. The van der Waals surface area contributed by atoms with E-state index in [0.29, 0.717) is 0 Å². The Bertz CT molecular complexity index is 193. The summed E-state index contributed by atoms with van der Waals surface area (Å²) in [4.78, 5) is 2.71. The second-order valence-electron chi connectivity index (χ2n) is 5.86. The summed E-state index contributed by atoms with van der Waals surface area (Å²) in [7, 11) is 0. The average Bonchev–Trinajstić information content (AvgIpc) is 2.53. The fourth-order valence-electron chi connectivity index (χ4n) is 3.08. The molecule has 2 nitrogen and oxygen atoms in total. The zero-order valence-electron chi connectivity index (χ0n) is 11.3. The van der Waals surface area contributed by atoms with Crippen LogP contribution in [0.4, 0.5) is 0 Å².